The van der Waals surface area contributed by atoms with Gasteiger partial charge in [0.05, 0.1) is 6.33 Å². The van der Waals surface area contributed by atoms with Gasteiger partial charge < -0.3 is 4.98 Å². The summed E-state index contributed by atoms with van der Waals surface area (Å²) < 4.78 is 0. The van der Waals surface area contributed by atoms with Crippen LogP contribution in [0, 0.1) is 5.92 Å². The van der Waals surface area contributed by atoms with E-state index in [1.54, 1.807) is 6.33 Å². The summed E-state index contributed by atoms with van der Waals surface area (Å²) in [4.78, 5) is 7.02. The molecule has 0 saturated carbocycles. The van der Waals surface area contributed by atoms with E-state index in [0.717, 1.165) is 6.42 Å². The van der Waals surface area contributed by atoms with Crippen LogP contribution in [0.1, 0.15) is 19.5 Å². The fourth-order valence-corrected chi connectivity index (χ4v) is 0.900. The summed E-state index contributed by atoms with van der Waals surface area (Å²) in [6.07, 6.45) is 4.58. The summed E-state index contributed by atoms with van der Waals surface area (Å²) in [7, 11) is 0. The molecule has 0 aliphatic heterocycles. The summed E-state index contributed by atoms with van der Waals surface area (Å²) in [5.74, 6) is 0.537. The Kier molecular flexibility index (Phi) is 2.47. The number of hydrogen-bond donors (Lipinski definition) is 1. The Labute approximate surface area is 67.4 Å². The molecule has 0 aliphatic carbocycles. The number of nitrogens with one attached hydrogen (secondary N) is 1. The molecule has 0 saturated heterocycles. The van der Waals surface area contributed by atoms with Gasteiger partial charge in [0.2, 0.25) is 0 Å². The first-order valence-electron chi connectivity index (χ1n) is 3.83. The highest BCUT2D eigenvalue weighted by molar-refractivity contribution is 5.03. The minimum Gasteiger partial charge on any atom is -0.348 e. The van der Waals surface area contributed by atoms with Crippen LogP contribution in [0.2, 0.25) is 0 Å². The van der Waals surface area contributed by atoms with E-state index < -0.39 is 0 Å². The van der Waals surface area contributed by atoms with Gasteiger partial charge in [-0.1, -0.05) is 19.1 Å². The van der Waals surface area contributed by atoms with Crippen molar-refractivity contribution in [2.24, 2.45) is 5.92 Å². The average Bonchev–Trinajstić information content (AvgIpc) is 2.39. The zero-order chi connectivity index (χ0) is 8.27. The number of imidazole rings is 1. The molecule has 60 valence electrons. The van der Waals surface area contributed by atoms with E-state index in [-0.39, 0.29) is 0 Å². The SMILES string of the molecule is C=C(C)[C@@H](C)Cc1cnc[nH]1. The first kappa shape index (κ1) is 8.05. The van der Waals surface area contributed by atoms with Gasteiger partial charge in [0.15, 0.2) is 0 Å². The lowest BCUT2D eigenvalue weighted by molar-refractivity contribution is 0.669. The maximum atomic E-state index is 3.95. The van der Waals surface area contributed by atoms with Crippen molar-refractivity contribution >= 4 is 0 Å². The van der Waals surface area contributed by atoms with Crippen LogP contribution in [-0.2, 0) is 6.42 Å². The van der Waals surface area contributed by atoms with E-state index in [0.29, 0.717) is 5.92 Å². The van der Waals surface area contributed by atoms with Gasteiger partial charge in [0.25, 0.3) is 0 Å². The first-order valence-corrected chi connectivity index (χ1v) is 3.83. The van der Waals surface area contributed by atoms with Crippen LogP contribution in [0.25, 0.3) is 0 Å². The van der Waals surface area contributed by atoms with Crippen molar-refractivity contribution in [1.82, 2.24) is 9.97 Å². The molecule has 0 aliphatic rings. The molecule has 1 atom stereocenters. The first-order chi connectivity index (χ1) is 5.20. The third-order valence-electron chi connectivity index (χ3n) is 1.92. The number of aromatic nitrogens is 2. The van der Waals surface area contributed by atoms with Crippen molar-refractivity contribution in [1.29, 1.82) is 0 Å². The molecule has 0 fully saturated rings. The smallest absolute Gasteiger partial charge is 0.0921 e. The number of hydrogen-bond acceptors (Lipinski definition) is 1. The lowest BCUT2D eigenvalue weighted by Crippen LogP contribution is -2.00. The lowest BCUT2D eigenvalue weighted by atomic mass is 9.99. The van der Waals surface area contributed by atoms with E-state index in [2.05, 4.69) is 30.4 Å². The summed E-state index contributed by atoms with van der Waals surface area (Å²) in [5.41, 5.74) is 2.40. The molecule has 0 aromatic carbocycles. The van der Waals surface area contributed by atoms with Crippen molar-refractivity contribution in [2.45, 2.75) is 20.3 Å². The van der Waals surface area contributed by atoms with Gasteiger partial charge in [-0.05, 0) is 19.3 Å². The molecule has 2 heteroatoms. The van der Waals surface area contributed by atoms with Crippen molar-refractivity contribution in [3.8, 4) is 0 Å². The molecule has 0 radical (unpaired) electrons. The second-order valence-electron chi connectivity index (χ2n) is 3.03. The van der Waals surface area contributed by atoms with Crippen LogP contribution in [0.5, 0.6) is 0 Å². The van der Waals surface area contributed by atoms with Crippen molar-refractivity contribution in [3.05, 3.63) is 30.4 Å². The van der Waals surface area contributed by atoms with Crippen molar-refractivity contribution in [3.63, 3.8) is 0 Å². The van der Waals surface area contributed by atoms with Crippen LogP contribution in [0.3, 0.4) is 0 Å². The molecular weight excluding hydrogens is 136 g/mol. The van der Waals surface area contributed by atoms with Gasteiger partial charge in [0, 0.05) is 11.9 Å². The number of rotatable bonds is 3. The third-order valence-corrected chi connectivity index (χ3v) is 1.92. The normalized spacial score (nSPS) is 12.9. The molecule has 0 spiro atoms. The summed E-state index contributed by atoms with van der Waals surface area (Å²) in [6, 6.07) is 0. The van der Waals surface area contributed by atoms with Gasteiger partial charge >= 0.3 is 0 Å². The quantitative estimate of drug-likeness (QED) is 0.657. The predicted octanol–water partition coefficient (Wildman–Crippen LogP) is 2.16. The van der Waals surface area contributed by atoms with E-state index >= 15 is 0 Å². The predicted molar refractivity (Wildman–Crippen MR) is 46.3 cm³/mol. The largest absolute Gasteiger partial charge is 0.348 e. The topological polar surface area (TPSA) is 28.7 Å². The second kappa shape index (κ2) is 3.37. The molecule has 1 N–H and O–H groups in total. The van der Waals surface area contributed by atoms with Crippen LogP contribution < -0.4 is 0 Å². The second-order valence-corrected chi connectivity index (χ2v) is 3.03. The van der Waals surface area contributed by atoms with Crippen LogP contribution in [0.4, 0.5) is 0 Å². The molecule has 1 aromatic rings. The number of aromatic amines is 1. The Bertz CT molecular complexity index is 224. The Balaban J connectivity index is 2.50. The number of nitrogens with zero attached hydrogens (tertiary/aromatic N) is 1. The molecule has 1 rings (SSSR count). The minimum atomic E-state index is 0.537. The van der Waals surface area contributed by atoms with E-state index in [1.165, 1.54) is 11.3 Å². The molecule has 1 heterocycles. The van der Waals surface area contributed by atoms with Gasteiger partial charge in [-0.25, -0.2) is 4.98 Å². The summed E-state index contributed by atoms with van der Waals surface area (Å²) >= 11 is 0. The third kappa shape index (κ3) is 2.22. The molecule has 1 aromatic heterocycles. The Hall–Kier alpha value is -1.05. The molecular formula is C9H14N2. The van der Waals surface area contributed by atoms with Crippen LogP contribution in [-0.4, -0.2) is 9.97 Å². The Morgan fingerprint density at radius 2 is 2.55 bits per heavy atom. The highest BCUT2D eigenvalue weighted by atomic mass is 14.9. The van der Waals surface area contributed by atoms with Gasteiger partial charge in [-0.3, -0.25) is 0 Å². The van der Waals surface area contributed by atoms with Gasteiger partial charge in [-0.15, -0.1) is 0 Å². The number of allylic oxidation sites excluding steroid dienone is 1. The standard InChI is InChI=1S/C9H14N2/c1-7(2)8(3)4-9-5-10-6-11-9/h5-6,8H,1,4H2,2-3H3,(H,10,11)/t8-/m0/s1. The Morgan fingerprint density at radius 1 is 1.82 bits per heavy atom. The van der Waals surface area contributed by atoms with E-state index in [4.69, 9.17) is 0 Å². The number of H-pyrrole nitrogens is 1. The fraction of sp³-hybridized carbons (Fsp3) is 0.444. The van der Waals surface area contributed by atoms with Crippen molar-refractivity contribution < 1.29 is 0 Å². The molecule has 2 nitrogen and oxygen atoms in total. The van der Waals surface area contributed by atoms with Crippen molar-refractivity contribution in [2.75, 3.05) is 0 Å². The molecule has 11 heavy (non-hydrogen) atoms. The molecule has 0 bridgehead atoms. The zero-order valence-corrected chi connectivity index (χ0v) is 7.09. The monoisotopic (exact) mass is 150 g/mol. The highest BCUT2D eigenvalue weighted by Crippen LogP contribution is 2.12. The molecule has 0 amide bonds. The summed E-state index contributed by atoms with van der Waals surface area (Å²) in [6.45, 7) is 8.13. The van der Waals surface area contributed by atoms with Gasteiger partial charge in [0.1, 0.15) is 0 Å². The van der Waals surface area contributed by atoms with Gasteiger partial charge in [-0.2, -0.15) is 0 Å². The Morgan fingerprint density at radius 3 is 3.00 bits per heavy atom. The maximum Gasteiger partial charge on any atom is 0.0921 e. The average molecular weight is 150 g/mol. The molecule has 0 unspecified atom stereocenters. The minimum absolute atomic E-state index is 0.537. The van der Waals surface area contributed by atoms with Crippen LogP contribution in [0.15, 0.2) is 24.7 Å². The van der Waals surface area contributed by atoms with E-state index in [9.17, 15) is 0 Å². The fourth-order valence-electron chi connectivity index (χ4n) is 0.900. The zero-order valence-electron chi connectivity index (χ0n) is 7.09. The van der Waals surface area contributed by atoms with Crippen LogP contribution >= 0.6 is 0 Å². The van der Waals surface area contributed by atoms with E-state index in [1.807, 2.05) is 6.20 Å². The highest BCUT2D eigenvalue weighted by Gasteiger charge is 2.03. The lowest BCUT2D eigenvalue weighted by Gasteiger charge is -2.07. The summed E-state index contributed by atoms with van der Waals surface area (Å²) in [5, 5.41) is 0. The maximum absolute atomic E-state index is 3.95.